The van der Waals surface area contributed by atoms with Crippen LogP contribution in [0.2, 0.25) is 0 Å². The van der Waals surface area contributed by atoms with Crippen molar-refractivity contribution in [3.8, 4) is 0 Å². The van der Waals surface area contributed by atoms with Crippen molar-refractivity contribution in [3.63, 3.8) is 0 Å². The quantitative estimate of drug-likeness (QED) is 0.389. The predicted octanol–water partition coefficient (Wildman–Crippen LogP) is 1.85. The summed E-state index contributed by atoms with van der Waals surface area (Å²) in [5.74, 6) is -2.76. The van der Waals surface area contributed by atoms with Crippen LogP contribution in [0.1, 0.15) is 52.9 Å². The van der Waals surface area contributed by atoms with Gasteiger partial charge in [0.05, 0.1) is 0 Å². The Morgan fingerprint density at radius 2 is 1.59 bits per heavy atom. The number of unbranched alkanes of at least 4 members (excludes halogenated alkanes) is 2. The third-order valence-corrected chi connectivity index (χ3v) is 3.35. The summed E-state index contributed by atoms with van der Waals surface area (Å²) >= 11 is 0. The van der Waals surface area contributed by atoms with Gasteiger partial charge in [-0.2, -0.15) is 0 Å². The molecule has 0 bridgehead atoms. The molecule has 98 valence electrons. The molecule has 0 heterocycles. The summed E-state index contributed by atoms with van der Waals surface area (Å²) in [5, 5.41) is 18.2. The van der Waals surface area contributed by atoms with Gasteiger partial charge in [0.2, 0.25) is 0 Å². The predicted molar refractivity (Wildman–Crippen MR) is 69.8 cm³/mol. The van der Waals surface area contributed by atoms with E-state index in [1.54, 1.807) is 0 Å². The van der Waals surface area contributed by atoms with Crippen molar-refractivity contribution in [2.45, 2.75) is 52.9 Å². The summed E-state index contributed by atoms with van der Waals surface area (Å²) in [6.45, 7) is 5.23. The second kappa shape index (κ2) is 9.44. The Morgan fingerprint density at radius 3 is 1.88 bits per heavy atom. The molecule has 0 aliphatic heterocycles. The van der Waals surface area contributed by atoms with E-state index in [-0.39, 0.29) is 54.8 Å². The fourth-order valence-electron chi connectivity index (χ4n) is 1.98. The van der Waals surface area contributed by atoms with Gasteiger partial charge in [0.15, 0.2) is 5.41 Å². The zero-order valence-corrected chi connectivity index (χ0v) is 10.3. The molecule has 0 rings (SSSR count). The van der Waals surface area contributed by atoms with Gasteiger partial charge < -0.3 is 10.2 Å². The van der Waals surface area contributed by atoms with Gasteiger partial charge in [-0.25, -0.2) is 0 Å². The van der Waals surface area contributed by atoms with Crippen LogP contribution in [0.5, 0.6) is 0 Å². The molecule has 4 nitrogen and oxygen atoms in total. The Kier molecular flexibility index (Phi) is 11.0. The van der Waals surface area contributed by atoms with Gasteiger partial charge in [-0.1, -0.05) is 39.5 Å². The molecule has 2 N–H and O–H groups in total. The first-order chi connectivity index (χ1) is 7.41. The van der Waals surface area contributed by atoms with Crippen LogP contribution in [-0.2, 0) is 9.59 Å². The monoisotopic (exact) mass is 370 g/mol. The summed E-state index contributed by atoms with van der Waals surface area (Å²) in [6.07, 6.45) is 4.21. The Balaban J connectivity index is 0. The van der Waals surface area contributed by atoms with E-state index in [1.165, 1.54) is 6.92 Å². The van der Waals surface area contributed by atoms with Crippen LogP contribution in [0.4, 0.5) is 0 Å². The molecule has 0 amide bonds. The van der Waals surface area contributed by atoms with Crippen molar-refractivity contribution in [1.29, 1.82) is 0 Å². The molecule has 0 saturated heterocycles. The van der Waals surface area contributed by atoms with Crippen LogP contribution in [0.15, 0.2) is 0 Å². The zero-order valence-electron chi connectivity index (χ0n) is 10.3. The van der Waals surface area contributed by atoms with E-state index in [1.807, 2.05) is 6.92 Å². The van der Waals surface area contributed by atoms with Crippen LogP contribution < -0.4 is 0 Å². The first-order valence-corrected chi connectivity index (χ1v) is 5.87. The normalized spacial score (nSPS) is 12.6. The molecule has 0 radical (unpaired) electrons. The molecule has 0 saturated carbocycles. The van der Waals surface area contributed by atoms with Crippen molar-refractivity contribution in [3.05, 3.63) is 0 Å². The molecule has 0 aromatic heterocycles. The fourth-order valence-corrected chi connectivity index (χ4v) is 1.98. The van der Waals surface area contributed by atoms with E-state index >= 15 is 0 Å². The molecule has 0 aromatic carbocycles. The molecule has 0 aliphatic carbocycles. The van der Waals surface area contributed by atoms with Crippen LogP contribution in [0, 0.1) is 11.3 Å². The summed E-state index contributed by atoms with van der Waals surface area (Å²) in [7, 11) is 0. The Morgan fingerprint density at radius 1 is 1.12 bits per heavy atom. The second-order valence-corrected chi connectivity index (χ2v) is 4.41. The third-order valence-electron chi connectivity index (χ3n) is 3.35. The first kappa shape index (κ1) is 19.8. The van der Waals surface area contributed by atoms with Gasteiger partial charge in [0, 0.05) is 0 Å². The van der Waals surface area contributed by atoms with Gasteiger partial charge in [-0.05, 0) is 19.3 Å². The third kappa shape index (κ3) is 5.34. The van der Waals surface area contributed by atoms with E-state index in [2.05, 4.69) is 6.92 Å². The van der Waals surface area contributed by atoms with E-state index in [9.17, 15) is 9.59 Å². The van der Waals surface area contributed by atoms with E-state index < -0.39 is 17.4 Å². The number of carbonyl (C=O) groups is 2. The average molecular weight is 370 g/mol. The van der Waals surface area contributed by atoms with E-state index in [0.717, 1.165) is 19.3 Å². The second-order valence-electron chi connectivity index (χ2n) is 4.41. The number of carboxylic acids is 2. The van der Waals surface area contributed by atoms with Crippen LogP contribution in [-0.4, -0.2) is 71.0 Å². The Hall–Kier alpha value is 0.511. The number of rotatable bonds is 8. The van der Waals surface area contributed by atoms with Crippen LogP contribution in [0.25, 0.3) is 0 Å². The van der Waals surface area contributed by atoms with Crippen molar-refractivity contribution in [2.75, 3.05) is 0 Å². The van der Waals surface area contributed by atoms with Crippen molar-refractivity contribution < 1.29 is 19.8 Å². The molecule has 1 atom stereocenters. The average Bonchev–Trinajstić information content (AvgIpc) is 2.23. The Labute approximate surface area is 143 Å². The topological polar surface area (TPSA) is 74.6 Å². The van der Waals surface area contributed by atoms with Crippen molar-refractivity contribution in [1.82, 2.24) is 0 Å². The molecule has 0 aromatic rings. The minimum absolute atomic E-state index is 0. The number of carboxylic acid groups (broad SMARTS) is 2. The molecule has 1 unspecified atom stereocenters. The van der Waals surface area contributed by atoms with Gasteiger partial charge in [0.1, 0.15) is 0 Å². The summed E-state index contributed by atoms with van der Waals surface area (Å²) in [6, 6.07) is 0. The fraction of sp³-hybridized carbons (Fsp3) is 0.833. The molecule has 0 fully saturated rings. The van der Waals surface area contributed by atoms with E-state index in [0.29, 0.717) is 12.8 Å². The maximum absolute atomic E-state index is 11.1. The van der Waals surface area contributed by atoms with Crippen LogP contribution >= 0.6 is 0 Å². The Bertz CT molecular complexity index is 239. The van der Waals surface area contributed by atoms with Crippen molar-refractivity contribution >= 4 is 60.8 Å². The number of hydrogen-bond acceptors (Lipinski definition) is 2. The van der Waals surface area contributed by atoms with Gasteiger partial charge in [-0.15, -0.1) is 0 Å². The summed E-state index contributed by atoms with van der Waals surface area (Å²) in [4.78, 5) is 22.2. The summed E-state index contributed by atoms with van der Waals surface area (Å²) < 4.78 is 0. The first-order valence-electron chi connectivity index (χ1n) is 5.87. The van der Waals surface area contributed by atoms with Gasteiger partial charge in [0.25, 0.3) is 0 Å². The van der Waals surface area contributed by atoms with Crippen molar-refractivity contribution in [2.24, 2.45) is 11.3 Å². The number of hydrogen-bond donors (Lipinski definition) is 2. The standard InChI is InChI=1S/C12H22O4.Ba.2H/c1-4-6-7-8-9(5-2)12(3,10(13)14)11(15)16;;;/h9H,4-8H2,1-3H3,(H,13,14)(H,15,16);;;. The van der Waals surface area contributed by atoms with Crippen LogP contribution in [0.3, 0.4) is 0 Å². The molecule has 5 heteroatoms. The SMILES string of the molecule is CCCCCC(CC)C(C)(C(=O)O)C(=O)O.[BaH2]. The molecular formula is C12H24BaO4. The minimum atomic E-state index is -1.65. The number of aliphatic carboxylic acids is 2. The maximum atomic E-state index is 11.1. The molecular weight excluding hydrogens is 345 g/mol. The summed E-state index contributed by atoms with van der Waals surface area (Å²) in [5.41, 5.74) is -1.65. The molecule has 0 aliphatic rings. The van der Waals surface area contributed by atoms with Gasteiger partial charge in [-0.3, -0.25) is 9.59 Å². The van der Waals surface area contributed by atoms with Gasteiger partial charge >= 0.3 is 60.8 Å². The zero-order chi connectivity index (χ0) is 12.8. The van der Waals surface area contributed by atoms with E-state index in [4.69, 9.17) is 10.2 Å². The molecule has 0 spiro atoms. The molecule has 17 heavy (non-hydrogen) atoms.